The van der Waals surface area contributed by atoms with Crippen LogP contribution in [0.3, 0.4) is 0 Å². The molecular formula is C15H16O3. The van der Waals surface area contributed by atoms with Crippen LogP contribution in [0.25, 0.3) is 0 Å². The van der Waals surface area contributed by atoms with Gasteiger partial charge in [-0.15, -0.1) is 0 Å². The van der Waals surface area contributed by atoms with Gasteiger partial charge in [0.2, 0.25) is 5.76 Å². The normalized spacial score (nSPS) is 12.2. The Labute approximate surface area is 106 Å². The van der Waals surface area contributed by atoms with Crippen LogP contribution in [0.4, 0.5) is 0 Å². The predicted molar refractivity (Wildman–Crippen MR) is 68.7 cm³/mol. The molecule has 2 aromatic rings. The van der Waals surface area contributed by atoms with Crippen LogP contribution >= 0.6 is 0 Å². The summed E-state index contributed by atoms with van der Waals surface area (Å²) in [4.78, 5) is 11.3. The fourth-order valence-corrected chi connectivity index (χ4v) is 2.02. The molecule has 3 heteroatoms. The quantitative estimate of drug-likeness (QED) is 0.775. The number of benzene rings is 1. The van der Waals surface area contributed by atoms with Crippen molar-refractivity contribution >= 4 is 5.97 Å². The standard InChI is InChI=1S/C15H16O3/c1-10-6-4-5-7-12(10)11(2)13-8-9-14(18-13)15(16)17-3/h4-9,11H,1-3H3. The SMILES string of the molecule is COC(=O)c1ccc(C(C)c2ccccc2C)o1. The van der Waals surface area contributed by atoms with E-state index in [1.54, 1.807) is 6.07 Å². The smallest absolute Gasteiger partial charge is 0.373 e. The summed E-state index contributed by atoms with van der Waals surface area (Å²) in [6, 6.07) is 11.6. The van der Waals surface area contributed by atoms with Crippen molar-refractivity contribution in [1.82, 2.24) is 0 Å². The lowest BCUT2D eigenvalue weighted by atomic mass is 9.95. The molecule has 0 N–H and O–H groups in total. The first kappa shape index (κ1) is 12.4. The monoisotopic (exact) mass is 244 g/mol. The molecule has 0 amide bonds. The second-order valence-electron chi connectivity index (χ2n) is 4.27. The number of ether oxygens (including phenoxy) is 1. The molecule has 0 saturated carbocycles. The number of furan rings is 1. The Balaban J connectivity index is 2.29. The van der Waals surface area contributed by atoms with Crippen molar-refractivity contribution in [2.45, 2.75) is 19.8 Å². The van der Waals surface area contributed by atoms with Gasteiger partial charge in [0.05, 0.1) is 7.11 Å². The minimum absolute atomic E-state index is 0.115. The van der Waals surface area contributed by atoms with Crippen LogP contribution in [0.1, 0.15) is 40.3 Å². The summed E-state index contributed by atoms with van der Waals surface area (Å²) in [6.07, 6.45) is 0. The average Bonchev–Trinajstić information content (AvgIpc) is 2.87. The van der Waals surface area contributed by atoms with Gasteiger partial charge in [0.25, 0.3) is 0 Å². The first-order valence-corrected chi connectivity index (χ1v) is 5.87. The van der Waals surface area contributed by atoms with Crippen molar-refractivity contribution in [2.24, 2.45) is 0 Å². The highest BCUT2D eigenvalue weighted by Gasteiger charge is 2.17. The highest BCUT2D eigenvalue weighted by Crippen LogP contribution is 2.28. The van der Waals surface area contributed by atoms with Gasteiger partial charge in [0.15, 0.2) is 0 Å². The molecule has 1 unspecified atom stereocenters. The number of carbonyl (C=O) groups is 1. The maximum atomic E-state index is 11.3. The number of hydrogen-bond acceptors (Lipinski definition) is 3. The molecule has 2 rings (SSSR count). The maximum Gasteiger partial charge on any atom is 0.373 e. The number of carbonyl (C=O) groups excluding carboxylic acids is 1. The molecule has 0 aliphatic rings. The fourth-order valence-electron chi connectivity index (χ4n) is 2.02. The Morgan fingerprint density at radius 1 is 1.22 bits per heavy atom. The molecule has 0 radical (unpaired) electrons. The molecule has 1 aromatic heterocycles. The van der Waals surface area contributed by atoms with Gasteiger partial charge < -0.3 is 9.15 Å². The van der Waals surface area contributed by atoms with Gasteiger partial charge in [-0.25, -0.2) is 4.79 Å². The Kier molecular flexibility index (Phi) is 3.51. The summed E-state index contributed by atoms with van der Waals surface area (Å²) in [5.74, 6) is 0.681. The Hall–Kier alpha value is -2.03. The van der Waals surface area contributed by atoms with E-state index in [2.05, 4.69) is 30.7 Å². The molecule has 0 fully saturated rings. The van der Waals surface area contributed by atoms with E-state index >= 15 is 0 Å². The van der Waals surface area contributed by atoms with Crippen LogP contribution in [-0.2, 0) is 4.74 Å². The Morgan fingerprint density at radius 2 is 1.94 bits per heavy atom. The topological polar surface area (TPSA) is 39.4 Å². The van der Waals surface area contributed by atoms with E-state index < -0.39 is 5.97 Å². The van der Waals surface area contributed by atoms with Gasteiger partial charge in [0.1, 0.15) is 5.76 Å². The molecular weight excluding hydrogens is 228 g/mol. The van der Waals surface area contributed by atoms with Gasteiger partial charge in [-0.2, -0.15) is 0 Å². The van der Waals surface area contributed by atoms with Crippen LogP contribution < -0.4 is 0 Å². The molecule has 0 aliphatic heterocycles. The second-order valence-corrected chi connectivity index (χ2v) is 4.27. The van der Waals surface area contributed by atoms with E-state index in [0.717, 1.165) is 5.76 Å². The van der Waals surface area contributed by atoms with Crippen molar-refractivity contribution in [3.63, 3.8) is 0 Å². The molecule has 0 bridgehead atoms. The first-order chi connectivity index (χ1) is 8.63. The summed E-state index contributed by atoms with van der Waals surface area (Å²) >= 11 is 0. The molecule has 1 heterocycles. The van der Waals surface area contributed by atoms with Crippen molar-refractivity contribution in [3.8, 4) is 0 Å². The van der Waals surface area contributed by atoms with E-state index in [1.807, 2.05) is 18.2 Å². The van der Waals surface area contributed by atoms with Crippen molar-refractivity contribution in [3.05, 3.63) is 59.0 Å². The highest BCUT2D eigenvalue weighted by molar-refractivity contribution is 5.86. The van der Waals surface area contributed by atoms with E-state index in [4.69, 9.17) is 4.42 Å². The third-order valence-corrected chi connectivity index (χ3v) is 3.10. The molecule has 18 heavy (non-hydrogen) atoms. The summed E-state index contributed by atoms with van der Waals surface area (Å²) in [7, 11) is 1.34. The lowest BCUT2D eigenvalue weighted by Crippen LogP contribution is -1.99. The summed E-state index contributed by atoms with van der Waals surface area (Å²) in [6.45, 7) is 4.12. The van der Waals surface area contributed by atoms with Gasteiger partial charge in [0, 0.05) is 5.92 Å². The predicted octanol–water partition coefficient (Wildman–Crippen LogP) is 3.53. The van der Waals surface area contributed by atoms with Gasteiger partial charge in [-0.1, -0.05) is 31.2 Å². The minimum Gasteiger partial charge on any atom is -0.463 e. The lowest BCUT2D eigenvalue weighted by Gasteiger charge is -2.11. The largest absolute Gasteiger partial charge is 0.463 e. The zero-order valence-corrected chi connectivity index (χ0v) is 10.8. The third-order valence-electron chi connectivity index (χ3n) is 3.10. The highest BCUT2D eigenvalue weighted by atomic mass is 16.5. The van der Waals surface area contributed by atoms with Crippen LogP contribution in [-0.4, -0.2) is 13.1 Å². The van der Waals surface area contributed by atoms with E-state index in [-0.39, 0.29) is 11.7 Å². The maximum absolute atomic E-state index is 11.3. The second kappa shape index (κ2) is 5.08. The molecule has 3 nitrogen and oxygen atoms in total. The Morgan fingerprint density at radius 3 is 2.61 bits per heavy atom. The Bertz CT molecular complexity index is 554. The molecule has 94 valence electrons. The van der Waals surface area contributed by atoms with Crippen LogP contribution in [0.2, 0.25) is 0 Å². The summed E-state index contributed by atoms with van der Waals surface area (Å²) in [5.41, 5.74) is 2.41. The number of rotatable bonds is 3. The minimum atomic E-state index is -0.446. The third kappa shape index (κ3) is 2.30. The molecule has 1 aromatic carbocycles. The van der Waals surface area contributed by atoms with Gasteiger partial charge >= 0.3 is 5.97 Å². The average molecular weight is 244 g/mol. The molecule has 0 aliphatic carbocycles. The molecule has 0 spiro atoms. The number of aryl methyl sites for hydroxylation is 1. The fraction of sp³-hybridized carbons (Fsp3) is 0.267. The summed E-state index contributed by atoms with van der Waals surface area (Å²) < 4.78 is 10.2. The number of hydrogen-bond donors (Lipinski definition) is 0. The van der Waals surface area contributed by atoms with Crippen LogP contribution in [0.15, 0.2) is 40.8 Å². The van der Waals surface area contributed by atoms with E-state index in [0.29, 0.717) is 0 Å². The van der Waals surface area contributed by atoms with E-state index in [1.165, 1.54) is 18.2 Å². The number of methoxy groups -OCH3 is 1. The van der Waals surface area contributed by atoms with E-state index in [9.17, 15) is 4.79 Å². The first-order valence-electron chi connectivity index (χ1n) is 5.87. The lowest BCUT2D eigenvalue weighted by molar-refractivity contribution is 0.0563. The summed E-state index contributed by atoms with van der Waals surface area (Å²) in [5, 5.41) is 0. The zero-order valence-electron chi connectivity index (χ0n) is 10.8. The van der Waals surface area contributed by atoms with Gasteiger partial charge in [-0.05, 0) is 30.2 Å². The van der Waals surface area contributed by atoms with Gasteiger partial charge in [-0.3, -0.25) is 0 Å². The van der Waals surface area contributed by atoms with Crippen LogP contribution in [0.5, 0.6) is 0 Å². The zero-order chi connectivity index (χ0) is 13.1. The van der Waals surface area contributed by atoms with Crippen molar-refractivity contribution in [2.75, 3.05) is 7.11 Å². The molecule has 0 saturated heterocycles. The number of esters is 1. The molecule has 1 atom stereocenters. The van der Waals surface area contributed by atoms with Crippen molar-refractivity contribution in [1.29, 1.82) is 0 Å². The van der Waals surface area contributed by atoms with Crippen molar-refractivity contribution < 1.29 is 13.9 Å². The van der Waals surface area contributed by atoms with Crippen LogP contribution in [0, 0.1) is 6.92 Å².